The van der Waals surface area contributed by atoms with Crippen LogP contribution in [0.5, 0.6) is 0 Å². The number of phosphoric acid groups is 1. The molecule has 50 heavy (non-hydrogen) atoms. The molecular weight excluding hydrogens is 695 g/mol. The molecule has 0 aliphatic heterocycles. The van der Waals surface area contributed by atoms with E-state index in [1.807, 2.05) is 28.2 Å². The molecule has 22 heteroatoms. The first kappa shape index (κ1) is 61.5. The number of nitrogens with zero attached hydrogens (tertiary/aromatic N) is 4. The number of likely N-dealkylation sites (N-methyl/N-ethyl adjacent to an activating group) is 4. The standard InChI is InChI=1S/4C7H18NO3.H3O4P.H2O/c4*1-8(2-5-9,3-6-10)4-7-11;1-5(2,3)4;/h4*9-11H,2-7H2,1H3;(H3,1,2,3,4);1H2/q4*+1;;/p-4. The maximum absolute atomic E-state index is 8.68. The van der Waals surface area contributed by atoms with Gasteiger partial charge in [-0.15, -0.1) is 0 Å². The van der Waals surface area contributed by atoms with Crippen molar-refractivity contribution in [1.29, 1.82) is 0 Å². The maximum atomic E-state index is 8.68. The Labute approximate surface area is 297 Å². The van der Waals surface area contributed by atoms with Gasteiger partial charge < -0.3 is 104 Å². The molecule has 312 valence electrons. The number of quaternary nitrogens is 4. The Morgan fingerprint density at radius 1 is 0.320 bits per heavy atom. The number of hydrogen-bond acceptors (Lipinski definition) is 17. The Hall–Kier alpha value is -0.570. The van der Waals surface area contributed by atoms with Crippen molar-refractivity contribution in [2.45, 2.75) is 0 Å². The average molecular weight is 769 g/mol. The van der Waals surface area contributed by atoms with E-state index in [0.29, 0.717) is 96.5 Å². The Bertz CT molecular complexity index is 557. The van der Waals surface area contributed by atoms with Gasteiger partial charge in [-0.1, -0.05) is 0 Å². The summed E-state index contributed by atoms with van der Waals surface area (Å²) in [6, 6.07) is 0. The van der Waals surface area contributed by atoms with Gasteiger partial charge in [0.25, 0.3) is 0 Å². The van der Waals surface area contributed by atoms with Crippen molar-refractivity contribution < 1.29 is 104 Å². The fourth-order valence-electron chi connectivity index (χ4n) is 4.24. The highest BCUT2D eigenvalue weighted by atomic mass is 31.2. The lowest BCUT2D eigenvalue weighted by molar-refractivity contribution is -0.910. The van der Waals surface area contributed by atoms with E-state index < -0.39 is 7.82 Å². The molecule has 0 rings (SSSR count). The van der Waals surface area contributed by atoms with Crippen LogP contribution >= 0.6 is 7.82 Å². The average Bonchev–Trinajstić information content (AvgIpc) is 2.95. The normalized spacial score (nSPS) is 11.7. The van der Waals surface area contributed by atoms with E-state index in [-0.39, 0.29) is 84.8 Å². The monoisotopic (exact) mass is 768 g/mol. The second-order valence-corrected chi connectivity index (χ2v) is 13.2. The Morgan fingerprint density at radius 3 is 0.420 bits per heavy atom. The van der Waals surface area contributed by atoms with Crippen LogP contribution < -0.4 is 14.7 Å². The van der Waals surface area contributed by atoms with E-state index in [2.05, 4.69) is 0 Å². The van der Waals surface area contributed by atoms with Crippen LogP contribution in [0.3, 0.4) is 0 Å². The first-order valence-corrected chi connectivity index (χ1v) is 17.6. The summed E-state index contributed by atoms with van der Waals surface area (Å²) in [7, 11) is 2.23. The van der Waals surface area contributed by atoms with Gasteiger partial charge in [0.05, 0.1) is 107 Å². The lowest BCUT2D eigenvalue weighted by Gasteiger charge is -2.36. The van der Waals surface area contributed by atoms with E-state index in [0.717, 1.165) is 0 Å². The Kier molecular flexibility index (Phi) is 46.9. The molecule has 13 N–H and O–H groups in total. The van der Waals surface area contributed by atoms with Gasteiger partial charge in [-0.2, -0.15) is 7.82 Å². The van der Waals surface area contributed by atoms with Gasteiger partial charge >= 0.3 is 0 Å². The lowest BCUT2D eigenvalue weighted by Crippen LogP contribution is -2.49. The number of rotatable bonds is 24. The first-order valence-electron chi connectivity index (χ1n) is 16.1. The fraction of sp³-hybridized carbons (Fsp3) is 1.00. The molecule has 0 saturated heterocycles. The zero-order chi connectivity index (χ0) is 39.5. The lowest BCUT2D eigenvalue weighted by atomic mass is 10.4. The van der Waals surface area contributed by atoms with Gasteiger partial charge in [0.2, 0.25) is 0 Å². The smallest absolute Gasteiger partial charge is 0.102 e. The molecule has 0 amide bonds. The predicted octanol–water partition coefficient (Wildman–Crippen LogP) is -9.36. The van der Waals surface area contributed by atoms with Crippen LogP contribution in [-0.4, -0.2) is 271 Å². The van der Waals surface area contributed by atoms with Gasteiger partial charge in [-0.05, 0) is 0 Å². The van der Waals surface area contributed by atoms with Gasteiger partial charge in [-0.25, -0.2) is 0 Å². The molecule has 0 fully saturated rings. The minimum atomic E-state index is -5.39. The third-order valence-corrected chi connectivity index (χ3v) is 7.68. The molecule has 0 bridgehead atoms. The quantitative estimate of drug-likeness (QED) is 0.0320. The molecule has 0 spiro atoms. The summed E-state index contributed by atoms with van der Waals surface area (Å²) in [5, 5.41) is 104. The molecule has 0 aliphatic rings. The fourth-order valence-corrected chi connectivity index (χ4v) is 4.24. The minimum Gasteiger partial charge on any atom is -0.870 e. The van der Waals surface area contributed by atoms with Crippen LogP contribution in [-0.2, 0) is 4.57 Å². The largest absolute Gasteiger partial charge is 0.870 e. The second kappa shape index (κ2) is 38.2. The molecule has 0 aromatic carbocycles. The predicted molar refractivity (Wildman–Crippen MR) is 178 cm³/mol. The maximum Gasteiger partial charge on any atom is 0.102 e. The number of aliphatic hydroxyl groups is 12. The summed E-state index contributed by atoms with van der Waals surface area (Å²) in [5.74, 6) is 0. The van der Waals surface area contributed by atoms with Crippen LogP contribution in [0, 0.1) is 0 Å². The third-order valence-electron chi connectivity index (χ3n) is 7.68. The molecular formula is C28H73N4O17P. The van der Waals surface area contributed by atoms with Crippen molar-refractivity contribution in [1.82, 2.24) is 0 Å². The van der Waals surface area contributed by atoms with Gasteiger partial charge in [0, 0.05) is 0 Å². The summed E-state index contributed by atoms with van der Waals surface area (Å²) in [4.78, 5) is 25.6. The molecule has 0 aliphatic carbocycles. The van der Waals surface area contributed by atoms with E-state index >= 15 is 0 Å². The van der Waals surface area contributed by atoms with Crippen molar-refractivity contribution in [3.63, 3.8) is 0 Å². The van der Waals surface area contributed by atoms with Crippen molar-refractivity contribution in [3.05, 3.63) is 0 Å². The molecule has 0 atom stereocenters. The topological polar surface area (TPSA) is 359 Å². The molecule has 0 radical (unpaired) electrons. The summed E-state index contributed by atoms with van der Waals surface area (Å²) in [6.07, 6.45) is 0. The van der Waals surface area contributed by atoms with E-state index in [4.69, 9.17) is 80.5 Å². The molecule has 0 heterocycles. The first-order chi connectivity index (χ1) is 22.7. The molecule has 0 saturated carbocycles. The zero-order valence-electron chi connectivity index (χ0n) is 30.7. The molecule has 21 nitrogen and oxygen atoms in total. The van der Waals surface area contributed by atoms with Crippen molar-refractivity contribution >= 4 is 7.82 Å². The summed E-state index contributed by atoms with van der Waals surface area (Å²) >= 11 is 0. The number of aliphatic hydroxyl groups excluding tert-OH is 12. The van der Waals surface area contributed by atoms with Crippen molar-refractivity contribution in [2.24, 2.45) is 0 Å². The molecule has 0 unspecified atom stereocenters. The van der Waals surface area contributed by atoms with E-state index in [1.165, 1.54) is 0 Å². The van der Waals surface area contributed by atoms with Crippen LogP contribution in [0.4, 0.5) is 0 Å². The van der Waals surface area contributed by atoms with Crippen LogP contribution in [0.2, 0.25) is 0 Å². The third kappa shape index (κ3) is 45.5. The highest BCUT2D eigenvalue weighted by molar-refractivity contribution is 7.40. The van der Waals surface area contributed by atoms with Crippen LogP contribution in [0.25, 0.3) is 0 Å². The van der Waals surface area contributed by atoms with Crippen molar-refractivity contribution in [2.75, 3.05) is 186 Å². The summed E-state index contributed by atoms with van der Waals surface area (Å²) in [5.41, 5.74) is 0. The van der Waals surface area contributed by atoms with E-state index in [9.17, 15) is 0 Å². The highest BCUT2D eigenvalue weighted by Crippen LogP contribution is 2.03. The van der Waals surface area contributed by atoms with Crippen LogP contribution in [0.15, 0.2) is 0 Å². The Morgan fingerprint density at radius 2 is 0.380 bits per heavy atom. The number of hydrogen-bond donors (Lipinski definition) is 12. The summed E-state index contributed by atoms with van der Waals surface area (Å²) < 4.78 is 10.7. The molecule has 0 aromatic heterocycles. The molecule has 0 aromatic rings. The van der Waals surface area contributed by atoms with Gasteiger partial charge in [0.1, 0.15) is 78.5 Å². The van der Waals surface area contributed by atoms with Gasteiger partial charge in [-0.3, -0.25) is 0 Å². The van der Waals surface area contributed by atoms with Crippen molar-refractivity contribution in [3.8, 4) is 0 Å². The highest BCUT2D eigenvalue weighted by Gasteiger charge is 2.21. The van der Waals surface area contributed by atoms with Crippen LogP contribution in [0.1, 0.15) is 0 Å². The zero-order valence-corrected chi connectivity index (χ0v) is 31.5. The summed E-state index contributed by atoms with van der Waals surface area (Å²) in [6.45, 7) is 8.14. The van der Waals surface area contributed by atoms with E-state index in [1.54, 1.807) is 0 Å². The minimum absolute atomic E-state index is 0. The van der Waals surface area contributed by atoms with Gasteiger partial charge in [0.15, 0.2) is 0 Å². The second-order valence-electron chi connectivity index (χ2n) is 12.3. The Balaban J connectivity index is -0.000000123. The SMILES string of the molecule is C[N+](CCO)(CCO)CCO.C[N+](CCO)(CCO)CCO.C[N+](CCO)(CCO)CCO.C[N+](CCO)(CCO)CCO.O=P([O-])([O-])[O-].[OH-].